The van der Waals surface area contributed by atoms with Crippen molar-refractivity contribution >= 4 is 60.4 Å². The van der Waals surface area contributed by atoms with Crippen molar-refractivity contribution in [3.8, 4) is 27.9 Å². The third-order valence-corrected chi connectivity index (χ3v) is 13.1. The molecule has 2 aliphatic carbocycles. The van der Waals surface area contributed by atoms with Gasteiger partial charge in [0.05, 0.1) is 22.1 Å². The van der Waals surface area contributed by atoms with Gasteiger partial charge in [-0.15, -0.1) is 0 Å². The highest BCUT2D eigenvalue weighted by Gasteiger charge is 2.50. The van der Waals surface area contributed by atoms with Gasteiger partial charge in [0.2, 0.25) is 0 Å². The van der Waals surface area contributed by atoms with Crippen LogP contribution in [0.2, 0.25) is 0 Å². The second-order valence-electron chi connectivity index (χ2n) is 16.0. The fourth-order valence-electron chi connectivity index (χ4n) is 10.8. The molecule has 13 rings (SSSR count). The van der Waals surface area contributed by atoms with Gasteiger partial charge >= 0.3 is 0 Å². The zero-order chi connectivity index (χ0) is 38.7. The van der Waals surface area contributed by atoms with Gasteiger partial charge in [0.1, 0.15) is 0 Å². The first-order chi connectivity index (χ1) is 29.3. The number of para-hydroxylation sites is 1. The average molecular weight is 749 g/mol. The second-order valence-corrected chi connectivity index (χ2v) is 16.0. The molecule has 0 fully saturated rings. The molecule has 10 aromatic carbocycles. The Kier molecular flexibility index (Phi) is 6.68. The second kappa shape index (κ2) is 12.2. The normalized spacial score (nSPS) is 13.2. The summed E-state index contributed by atoms with van der Waals surface area (Å²) < 4.78 is 2.54. The number of benzene rings is 10. The third kappa shape index (κ3) is 4.35. The van der Waals surface area contributed by atoms with E-state index in [1.54, 1.807) is 0 Å². The molecule has 0 radical (unpaired) electrons. The minimum atomic E-state index is -0.505. The maximum Gasteiger partial charge on any atom is 0.0726 e. The van der Waals surface area contributed by atoms with E-state index in [0.717, 1.165) is 22.7 Å². The van der Waals surface area contributed by atoms with Crippen molar-refractivity contribution in [3.05, 3.63) is 241 Å². The van der Waals surface area contributed by atoms with Crippen LogP contribution in [0.4, 0.5) is 17.1 Å². The Bertz CT molecular complexity index is 3440. The summed E-state index contributed by atoms with van der Waals surface area (Å²) in [6.45, 7) is 0. The van der Waals surface area contributed by atoms with E-state index in [9.17, 15) is 0 Å². The van der Waals surface area contributed by atoms with Crippen molar-refractivity contribution in [3.63, 3.8) is 0 Å². The number of anilines is 3. The highest BCUT2D eigenvalue weighted by atomic mass is 15.1. The number of nitrogens with zero attached hydrogens (tertiary/aromatic N) is 2. The Labute approximate surface area is 342 Å². The van der Waals surface area contributed by atoms with E-state index in [0.29, 0.717) is 0 Å². The number of aromatic nitrogens is 1. The Morgan fingerprint density at radius 2 is 0.932 bits per heavy atom. The van der Waals surface area contributed by atoms with Gasteiger partial charge in [0, 0.05) is 33.2 Å². The van der Waals surface area contributed by atoms with Crippen LogP contribution in [0.25, 0.3) is 71.3 Å². The van der Waals surface area contributed by atoms with E-state index in [-0.39, 0.29) is 0 Å². The zero-order valence-electron chi connectivity index (χ0n) is 32.2. The predicted octanol–water partition coefficient (Wildman–Crippen LogP) is 14.9. The standard InChI is InChI=1S/C57H36N2/c1-3-15-37(16-4-1)39-29-32-42(33-30-39)58(41-19-5-2-6-20-41)52-36-53-56-54-46(52)23-13-26-49(54)57(47-24-11-9-21-44(47)45-22-10-12-25-48(45)57)50-27-14-28-51(55(50)56)59(53)43-34-31-38-17-7-8-18-40(38)35-43/h1-36H. The Morgan fingerprint density at radius 1 is 0.356 bits per heavy atom. The molecule has 59 heavy (non-hydrogen) atoms. The molecule has 1 heterocycles. The van der Waals surface area contributed by atoms with Gasteiger partial charge in [-0.05, 0) is 109 Å². The number of hydrogen-bond donors (Lipinski definition) is 0. The van der Waals surface area contributed by atoms with Crippen LogP contribution in [-0.4, -0.2) is 4.57 Å². The molecule has 2 nitrogen and oxygen atoms in total. The summed E-state index contributed by atoms with van der Waals surface area (Å²) in [5, 5.41) is 7.67. The van der Waals surface area contributed by atoms with Crippen molar-refractivity contribution in [1.82, 2.24) is 4.57 Å². The van der Waals surface area contributed by atoms with Gasteiger partial charge in [-0.1, -0.05) is 170 Å². The zero-order valence-corrected chi connectivity index (χ0v) is 32.2. The first-order valence-corrected chi connectivity index (χ1v) is 20.5. The van der Waals surface area contributed by atoms with E-state index in [1.165, 1.54) is 87.9 Å². The summed E-state index contributed by atoms with van der Waals surface area (Å²) in [6.07, 6.45) is 0. The lowest BCUT2D eigenvalue weighted by Gasteiger charge is -2.38. The first kappa shape index (κ1) is 32.4. The van der Waals surface area contributed by atoms with Gasteiger partial charge in [-0.25, -0.2) is 0 Å². The van der Waals surface area contributed by atoms with Gasteiger partial charge in [-0.3, -0.25) is 0 Å². The number of hydrogen-bond acceptors (Lipinski definition) is 1. The molecule has 11 aromatic rings. The van der Waals surface area contributed by atoms with Gasteiger partial charge in [-0.2, -0.15) is 0 Å². The van der Waals surface area contributed by atoms with E-state index in [1.807, 2.05) is 0 Å². The molecular formula is C57H36N2. The van der Waals surface area contributed by atoms with Crippen LogP contribution in [0, 0.1) is 0 Å². The highest BCUT2D eigenvalue weighted by Crippen LogP contribution is 2.63. The van der Waals surface area contributed by atoms with Crippen molar-refractivity contribution in [2.45, 2.75) is 5.41 Å². The minimum Gasteiger partial charge on any atom is -0.310 e. The van der Waals surface area contributed by atoms with Crippen molar-refractivity contribution in [1.29, 1.82) is 0 Å². The Hall–Kier alpha value is -7.68. The topological polar surface area (TPSA) is 8.17 Å². The maximum absolute atomic E-state index is 2.54. The van der Waals surface area contributed by atoms with Gasteiger partial charge in [0.25, 0.3) is 0 Å². The fraction of sp³-hybridized carbons (Fsp3) is 0.0175. The van der Waals surface area contributed by atoms with Crippen LogP contribution >= 0.6 is 0 Å². The van der Waals surface area contributed by atoms with Crippen LogP contribution in [0.3, 0.4) is 0 Å². The van der Waals surface area contributed by atoms with Crippen molar-refractivity contribution in [2.75, 3.05) is 4.90 Å². The molecule has 0 atom stereocenters. The molecule has 0 bridgehead atoms. The number of rotatable bonds is 5. The molecule has 0 saturated heterocycles. The first-order valence-electron chi connectivity index (χ1n) is 20.5. The molecule has 0 amide bonds. The lowest BCUT2D eigenvalue weighted by atomic mass is 9.63. The molecule has 1 spiro atoms. The smallest absolute Gasteiger partial charge is 0.0726 e. The van der Waals surface area contributed by atoms with Crippen LogP contribution in [-0.2, 0) is 5.41 Å². The largest absolute Gasteiger partial charge is 0.310 e. The SMILES string of the molecule is c1ccc(-c2ccc(N(c3ccccc3)c3cc4c5c6c(cccc36)C3(c6ccccc6-c6ccccc63)c3cccc(c35)n4-c3ccc4ccccc4c3)cc2)cc1. The maximum atomic E-state index is 2.54. The molecule has 0 saturated carbocycles. The van der Waals surface area contributed by atoms with Crippen LogP contribution in [0.1, 0.15) is 22.3 Å². The van der Waals surface area contributed by atoms with Crippen molar-refractivity contribution < 1.29 is 0 Å². The molecular weight excluding hydrogens is 713 g/mol. The van der Waals surface area contributed by atoms with E-state index in [4.69, 9.17) is 0 Å². The summed E-state index contributed by atoms with van der Waals surface area (Å²) in [5.74, 6) is 0. The van der Waals surface area contributed by atoms with Crippen LogP contribution in [0.5, 0.6) is 0 Å². The molecule has 274 valence electrons. The van der Waals surface area contributed by atoms with Gasteiger partial charge < -0.3 is 9.47 Å². The summed E-state index contributed by atoms with van der Waals surface area (Å²) in [7, 11) is 0. The summed E-state index contributed by atoms with van der Waals surface area (Å²) in [4.78, 5) is 2.47. The third-order valence-electron chi connectivity index (χ3n) is 13.1. The molecule has 1 aromatic heterocycles. The molecule has 2 aliphatic rings. The Balaban J connectivity index is 1.20. The van der Waals surface area contributed by atoms with Crippen LogP contribution in [0.15, 0.2) is 218 Å². The average Bonchev–Trinajstić information content (AvgIpc) is 3.80. The number of fused-ring (bicyclic) bond motifs is 8. The Morgan fingerprint density at radius 3 is 1.68 bits per heavy atom. The van der Waals surface area contributed by atoms with E-state index < -0.39 is 5.41 Å². The summed E-state index contributed by atoms with van der Waals surface area (Å²) in [6, 6.07) is 81.1. The lowest BCUT2D eigenvalue weighted by Crippen LogP contribution is -2.30. The van der Waals surface area contributed by atoms with Crippen molar-refractivity contribution in [2.24, 2.45) is 0 Å². The molecule has 0 N–H and O–H groups in total. The predicted molar refractivity (Wildman–Crippen MR) is 247 cm³/mol. The van der Waals surface area contributed by atoms with E-state index in [2.05, 4.69) is 228 Å². The summed E-state index contributed by atoms with van der Waals surface area (Å²) >= 11 is 0. The molecule has 0 unspecified atom stereocenters. The van der Waals surface area contributed by atoms with E-state index >= 15 is 0 Å². The minimum absolute atomic E-state index is 0.505. The van der Waals surface area contributed by atoms with Crippen LogP contribution < -0.4 is 4.90 Å². The molecule has 2 heteroatoms. The molecule has 0 aliphatic heterocycles. The quantitative estimate of drug-likeness (QED) is 0.170. The summed E-state index contributed by atoms with van der Waals surface area (Å²) in [5.41, 5.74) is 16.9. The lowest BCUT2D eigenvalue weighted by molar-refractivity contribution is 0.783. The van der Waals surface area contributed by atoms with Gasteiger partial charge in [0.15, 0.2) is 0 Å². The highest BCUT2D eigenvalue weighted by molar-refractivity contribution is 6.29. The fourth-order valence-corrected chi connectivity index (χ4v) is 10.8. The monoisotopic (exact) mass is 748 g/mol.